The Morgan fingerprint density at radius 2 is 1.90 bits per heavy atom. The van der Waals surface area contributed by atoms with E-state index >= 15 is 0 Å². The van der Waals surface area contributed by atoms with Crippen LogP contribution in [0.2, 0.25) is 0 Å². The molecule has 0 amide bonds. The average Bonchev–Trinajstić information content (AvgIpc) is 2.45. The molecule has 114 valence electrons. The van der Waals surface area contributed by atoms with Crippen molar-refractivity contribution in [3.8, 4) is 0 Å². The second-order valence-corrected chi connectivity index (χ2v) is 6.29. The van der Waals surface area contributed by atoms with Crippen LogP contribution >= 0.6 is 0 Å². The molecule has 0 saturated heterocycles. The second-order valence-electron chi connectivity index (χ2n) is 6.29. The van der Waals surface area contributed by atoms with Gasteiger partial charge in [0.1, 0.15) is 5.82 Å². The summed E-state index contributed by atoms with van der Waals surface area (Å²) in [4.78, 5) is 7.20. The number of para-hydroxylation sites is 1. The molecule has 0 aliphatic heterocycles. The van der Waals surface area contributed by atoms with Crippen molar-refractivity contribution in [2.75, 3.05) is 18.5 Å². The molecule has 1 heterocycles. The minimum atomic E-state index is 0.468. The lowest BCUT2D eigenvalue weighted by molar-refractivity contribution is 0.501. The number of fused-ring (bicyclic) bond motifs is 1. The van der Waals surface area contributed by atoms with Crippen LogP contribution in [0.4, 0.5) is 5.82 Å². The van der Waals surface area contributed by atoms with Gasteiger partial charge in [-0.25, -0.2) is 4.98 Å². The Hall–Kier alpha value is -1.61. The molecule has 3 heteroatoms. The number of nitrogens with zero attached hydrogens (tertiary/aromatic N) is 2. The van der Waals surface area contributed by atoms with Crippen LogP contribution < -0.4 is 10.6 Å². The highest BCUT2D eigenvalue weighted by Gasteiger charge is 2.16. The lowest BCUT2D eigenvalue weighted by atomic mass is 10.0. The fourth-order valence-corrected chi connectivity index (χ4v) is 2.84. The lowest BCUT2D eigenvalue weighted by Crippen LogP contribution is -2.32. The van der Waals surface area contributed by atoms with Crippen molar-refractivity contribution in [1.82, 2.24) is 4.98 Å². The van der Waals surface area contributed by atoms with Gasteiger partial charge in [-0.1, -0.05) is 32.0 Å². The molecule has 0 aliphatic carbocycles. The first-order chi connectivity index (χ1) is 10.0. The molecule has 1 aromatic carbocycles. The van der Waals surface area contributed by atoms with Gasteiger partial charge in [-0.15, -0.1) is 0 Å². The highest BCUT2D eigenvalue weighted by atomic mass is 15.2. The summed E-state index contributed by atoms with van der Waals surface area (Å²) in [6.45, 7) is 7.44. The van der Waals surface area contributed by atoms with Gasteiger partial charge in [0.2, 0.25) is 0 Å². The molecular formula is C18H27N3. The van der Waals surface area contributed by atoms with Crippen molar-refractivity contribution in [3.63, 3.8) is 0 Å². The monoisotopic (exact) mass is 285 g/mol. The molecule has 2 N–H and O–H groups in total. The zero-order chi connectivity index (χ0) is 15.4. The van der Waals surface area contributed by atoms with Crippen LogP contribution in [0.3, 0.4) is 0 Å². The predicted octanol–water partition coefficient (Wildman–Crippen LogP) is 3.61. The number of benzene rings is 1. The first kappa shape index (κ1) is 15.8. The molecule has 2 rings (SSSR count). The van der Waals surface area contributed by atoms with E-state index in [-0.39, 0.29) is 0 Å². The van der Waals surface area contributed by atoms with Crippen LogP contribution in [-0.4, -0.2) is 24.6 Å². The molecule has 0 bridgehead atoms. The zero-order valence-electron chi connectivity index (χ0n) is 13.6. The maximum Gasteiger partial charge on any atom is 0.132 e. The van der Waals surface area contributed by atoms with Gasteiger partial charge in [0.25, 0.3) is 0 Å². The third-order valence-corrected chi connectivity index (χ3v) is 4.00. The molecule has 0 fully saturated rings. The van der Waals surface area contributed by atoms with Crippen LogP contribution in [0.1, 0.15) is 32.8 Å². The molecule has 0 radical (unpaired) electrons. The molecule has 0 saturated carbocycles. The van der Waals surface area contributed by atoms with E-state index < -0.39 is 0 Å². The number of aromatic nitrogens is 1. The topological polar surface area (TPSA) is 42.2 Å². The minimum Gasteiger partial charge on any atom is -0.357 e. The third kappa shape index (κ3) is 3.73. The summed E-state index contributed by atoms with van der Waals surface area (Å²) in [5.41, 5.74) is 8.08. The Morgan fingerprint density at radius 1 is 1.19 bits per heavy atom. The van der Waals surface area contributed by atoms with Gasteiger partial charge < -0.3 is 10.6 Å². The SMILES string of the molecule is CC(C)CC(C)N(C)c1nc2ccccc2cc1CCN. The van der Waals surface area contributed by atoms with Crippen LogP contribution in [0.15, 0.2) is 30.3 Å². The van der Waals surface area contributed by atoms with Crippen LogP contribution in [-0.2, 0) is 6.42 Å². The van der Waals surface area contributed by atoms with Crippen LogP contribution in [0, 0.1) is 5.92 Å². The van der Waals surface area contributed by atoms with Gasteiger partial charge in [0.05, 0.1) is 5.52 Å². The van der Waals surface area contributed by atoms with Gasteiger partial charge in [0.15, 0.2) is 0 Å². The van der Waals surface area contributed by atoms with E-state index in [4.69, 9.17) is 10.7 Å². The highest BCUT2D eigenvalue weighted by molar-refractivity contribution is 5.81. The van der Waals surface area contributed by atoms with E-state index in [1.54, 1.807) is 0 Å². The van der Waals surface area contributed by atoms with Crippen LogP contribution in [0.5, 0.6) is 0 Å². The molecule has 21 heavy (non-hydrogen) atoms. The molecular weight excluding hydrogens is 258 g/mol. The second kappa shape index (κ2) is 6.90. The van der Waals surface area contributed by atoms with Crippen molar-refractivity contribution >= 4 is 16.7 Å². The molecule has 1 aromatic heterocycles. The van der Waals surface area contributed by atoms with E-state index in [0.29, 0.717) is 18.5 Å². The summed E-state index contributed by atoms with van der Waals surface area (Å²) >= 11 is 0. The number of nitrogens with two attached hydrogens (primary N) is 1. The standard InChI is InChI=1S/C18H27N3/c1-13(2)11-14(3)21(4)18-16(9-10-19)12-15-7-5-6-8-17(15)20-18/h5-8,12-14H,9-11,19H2,1-4H3. The molecule has 1 unspecified atom stereocenters. The fourth-order valence-electron chi connectivity index (χ4n) is 2.84. The number of anilines is 1. The van der Waals surface area contributed by atoms with Gasteiger partial charge >= 0.3 is 0 Å². The van der Waals surface area contributed by atoms with Crippen LogP contribution in [0.25, 0.3) is 10.9 Å². The molecule has 3 nitrogen and oxygen atoms in total. The zero-order valence-corrected chi connectivity index (χ0v) is 13.6. The Kier molecular flexibility index (Phi) is 5.18. The van der Waals surface area contributed by atoms with Crippen molar-refractivity contribution < 1.29 is 0 Å². The van der Waals surface area contributed by atoms with E-state index in [0.717, 1.165) is 24.2 Å². The lowest BCUT2D eigenvalue weighted by Gasteiger charge is -2.29. The first-order valence-corrected chi connectivity index (χ1v) is 7.84. The Balaban J connectivity index is 2.42. The summed E-state index contributed by atoms with van der Waals surface area (Å²) in [6.07, 6.45) is 2.03. The van der Waals surface area contributed by atoms with E-state index in [2.05, 4.69) is 57.0 Å². The summed E-state index contributed by atoms with van der Waals surface area (Å²) in [5, 5.41) is 1.19. The molecule has 0 spiro atoms. The van der Waals surface area contributed by atoms with Crippen molar-refractivity contribution in [3.05, 3.63) is 35.9 Å². The Labute approximate surface area is 128 Å². The quantitative estimate of drug-likeness (QED) is 0.881. The van der Waals surface area contributed by atoms with E-state index in [1.165, 1.54) is 10.9 Å². The minimum absolute atomic E-state index is 0.468. The summed E-state index contributed by atoms with van der Waals surface area (Å²) < 4.78 is 0. The number of pyridine rings is 1. The van der Waals surface area contributed by atoms with Gasteiger partial charge in [-0.05, 0) is 49.9 Å². The molecule has 1 atom stereocenters. The number of rotatable bonds is 6. The van der Waals surface area contributed by atoms with E-state index in [9.17, 15) is 0 Å². The van der Waals surface area contributed by atoms with Crippen molar-refractivity contribution in [2.24, 2.45) is 11.7 Å². The van der Waals surface area contributed by atoms with Crippen molar-refractivity contribution in [1.29, 1.82) is 0 Å². The maximum absolute atomic E-state index is 5.78. The first-order valence-electron chi connectivity index (χ1n) is 7.84. The molecule has 2 aromatic rings. The Morgan fingerprint density at radius 3 is 2.57 bits per heavy atom. The third-order valence-electron chi connectivity index (χ3n) is 4.00. The number of hydrogen-bond donors (Lipinski definition) is 1. The van der Waals surface area contributed by atoms with Gasteiger partial charge in [0, 0.05) is 18.5 Å². The fraction of sp³-hybridized carbons (Fsp3) is 0.500. The predicted molar refractivity (Wildman–Crippen MR) is 91.8 cm³/mol. The average molecular weight is 285 g/mol. The number of hydrogen-bond acceptors (Lipinski definition) is 3. The largest absolute Gasteiger partial charge is 0.357 e. The van der Waals surface area contributed by atoms with E-state index in [1.807, 2.05) is 6.07 Å². The maximum atomic E-state index is 5.78. The smallest absolute Gasteiger partial charge is 0.132 e. The summed E-state index contributed by atoms with van der Waals surface area (Å²) in [5.74, 6) is 1.76. The normalized spacial score (nSPS) is 12.9. The summed E-state index contributed by atoms with van der Waals surface area (Å²) in [6, 6.07) is 11.0. The highest BCUT2D eigenvalue weighted by Crippen LogP contribution is 2.26. The molecule has 0 aliphatic rings. The van der Waals surface area contributed by atoms with Gasteiger partial charge in [-0.3, -0.25) is 0 Å². The van der Waals surface area contributed by atoms with Gasteiger partial charge in [-0.2, -0.15) is 0 Å². The Bertz CT molecular complexity index is 592. The summed E-state index contributed by atoms with van der Waals surface area (Å²) in [7, 11) is 2.14. The van der Waals surface area contributed by atoms with Crippen molar-refractivity contribution in [2.45, 2.75) is 39.7 Å².